The van der Waals surface area contributed by atoms with E-state index < -0.39 is 0 Å². The Bertz CT molecular complexity index is 427. The van der Waals surface area contributed by atoms with E-state index in [1.165, 1.54) is 16.6 Å². The lowest BCUT2D eigenvalue weighted by Crippen LogP contribution is -1.99. The highest BCUT2D eigenvalue weighted by Gasteiger charge is 2.08. The minimum Gasteiger partial charge on any atom is -0.241 e. The highest BCUT2D eigenvalue weighted by molar-refractivity contribution is 5.58. The van der Waals surface area contributed by atoms with E-state index in [9.17, 15) is 0 Å². The van der Waals surface area contributed by atoms with E-state index in [0.717, 1.165) is 0 Å². The molecule has 0 spiro atoms. The van der Waals surface area contributed by atoms with E-state index in [-0.39, 0.29) is 0 Å². The third-order valence-corrected chi connectivity index (χ3v) is 2.38. The molecular formula is C11H14N2. The molecule has 0 N–H and O–H groups in total. The molecule has 0 atom stereocenters. The van der Waals surface area contributed by atoms with E-state index in [1.807, 2.05) is 23.0 Å². The molecule has 2 rings (SSSR count). The zero-order chi connectivity index (χ0) is 9.42. The Kier molecular flexibility index (Phi) is 1.83. The van der Waals surface area contributed by atoms with Gasteiger partial charge in [-0.05, 0) is 36.1 Å². The van der Waals surface area contributed by atoms with Gasteiger partial charge in [-0.25, -0.2) is 4.52 Å². The number of rotatable bonds is 1. The average Bonchev–Trinajstić information content (AvgIpc) is 2.50. The van der Waals surface area contributed by atoms with E-state index in [0.29, 0.717) is 5.92 Å². The molecule has 0 bridgehead atoms. The predicted molar refractivity (Wildman–Crippen MR) is 54.0 cm³/mol. The van der Waals surface area contributed by atoms with Crippen LogP contribution < -0.4 is 0 Å². The van der Waals surface area contributed by atoms with E-state index in [1.54, 1.807) is 0 Å². The summed E-state index contributed by atoms with van der Waals surface area (Å²) in [5, 5.41) is 4.30. The van der Waals surface area contributed by atoms with Crippen LogP contribution in [0, 0.1) is 6.92 Å². The number of aryl methyl sites for hydroxylation is 1. The summed E-state index contributed by atoms with van der Waals surface area (Å²) in [6.45, 7) is 6.56. The van der Waals surface area contributed by atoms with Gasteiger partial charge in [0.1, 0.15) is 0 Å². The highest BCUT2D eigenvalue weighted by Crippen LogP contribution is 2.23. The van der Waals surface area contributed by atoms with Gasteiger partial charge in [0.25, 0.3) is 0 Å². The van der Waals surface area contributed by atoms with Crippen LogP contribution in [0.25, 0.3) is 5.52 Å². The fourth-order valence-corrected chi connectivity index (χ4v) is 1.86. The molecular weight excluding hydrogens is 160 g/mol. The summed E-state index contributed by atoms with van der Waals surface area (Å²) >= 11 is 0. The Morgan fingerprint density at radius 1 is 1.38 bits per heavy atom. The number of nitrogens with zero attached hydrogens (tertiary/aromatic N) is 2. The molecule has 0 aromatic carbocycles. The van der Waals surface area contributed by atoms with Crippen LogP contribution in [-0.4, -0.2) is 9.61 Å². The molecule has 0 radical (unpaired) electrons. The Morgan fingerprint density at radius 3 is 2.85 bits per heavy atom. The van der Waals surface area contributed by atoms with Crippen molar-refractivity contribution in [1.82, 2.24) is 9.61 Å². The van der Waals surface area contributed by atoms with Gasteiger partial charge in [0.2, 0.25) is 0 Å². The zero-order valence-corrected chi connectivity index (χ0v) is 8.28. The van der Waals surface area contributed by atoms with Gasteiger partial charge in [-0.1, -0.05) is 13.8 Å². The monoisotopic (exact) mass is 174 g/mol. The summed E-state index contributed by atoms with van der Waals surface area (Å²) in [5.41, 5.74) is 3.91. The lowest BCUT2D eigenvalue weighted by molar-refractivity contribution is 0.828. The Morgan fingerprint density at radius 2 is 2.15 bits per heavy atom. The zero-order valence-electron chi connectivity index (χ0n) is 8.28. The van der Waals surface area contributed by atoms with Crippen molar-refractivity contribution in [2.45, 2.75) is 26.7 Å². The summed E-state index contributed by atoms with van der Waals surface area (Å²) < 4.78 is 1.93. The molecule has 0 aliphatic rings. The largest absolute Gasteiger partial charge is 0.241 e. The average molecular weight is 174 g/mol. The second-order valence-corrected chi connectivity index (χ2v) is 3.73. The van der Waals surface area contributed by atoms with Crippen LogP contribution in [0.4, 0.5) is 0 Å². The third kappa shape index (κ3) is 1.22. The molecule has 2 heteroatoms. The van der Waals surface area contributed by atoms with E-state index in [4.69, 9.17) is 0 Å². The number of hydrogen-bond acceptors (Lipinski definition) is 1. The number of hydrogen-bond donors (Lipinski definition) is 0. The van der Waals surface area contributed by atoms with Crippen LogP contribution in [0.1, 0.15) is 30.9 Å². The Balaban J connectivity index is 2.80. The van der Waals surface area contributed by atoms with Crippen molar-refractivity contribution in [3.63, 3.8) is 0 Å². The molecule has 0 saturated carbocycles. The first kappa shape index (κ1) is 8.30. The fourth-order valence-electron chi connectivity index (χ4n) is 1.86. The van der Waals surface area contributed by atoms with Crippen LogP contribution in [0.3, 0.4) is 0 Å². The summed E-state index contributed by atoms with van der Waals surface area (Å²) in [4.78, 5) is 0. The first-order valence-corrected chi connectivity index (χ1v) is 4.63. The van der Waals surface area contributed by atoms with Crippen LogP contribution in [0.5, 0.6) is 0 Å². The smallest absolute Gasteiger partial charge is 0.0683 e. The van der Waals surface area contributed by atoms with Crippen molar-refractivity contribution < 1.29 is 0 Å². The fraction of sp³-hybridized carbons (Fsp3) is 0.364. The molecule has 0 aliphatic carbocycles. The van der Waals surface area contributed by atoms with Crippen molar-refractivity contribution in [3.05, 3.63) is 35.7 Å². The summed E-state index contributed by atoms with van der Waals surface area (Å²) in [7, 11) is 0. The van der Waals surface area contributed by atoms with Crippen molar-refractivity contribution >= 4 is 5.52 Å². The topological polar surface area (TPSA) is 17.3 Å². The maximum absolute atomic E-state index is 4.30. The van der Waals surface area contributed by atoms with Gasteiger partial charge in [0.15, 0.2) is 0 Å². The predicted octanol–water partition coefficient (Wildman–Crippen LogP) is 2.77. The maximum atomic E-state index is 4.30. The number of fused-ring (bicyclic) bond motifs is 1. The highest BCUT2D eigenvalue weighted by atomic mass is 15.2. The van der Waals surface area contributed by atoms with Gasteiger partial charge in [-0.15, -0.1) is 0 Å². The quantitative estimate of drug-likeness (QED) is 0.649. The van der Waals surface area contributed by atoms with Gasteiger partial charge in [0.05, 0.1) is 11.7 Å². The SMILES string of the molecule is Cc1cnn2cccc2c1C(C)C. The summed E-state index contributed by atoms with van der Waals surface area (Å²) in [6.07, 6.45) is 3.92. The van der Waals surface area contributed by atoms with E-state index >= 15 is 0 Å². The van der Waals surface area contributed by atoms with Gasteiger partial charge in [-0.2, -0.15) is 5.10 Å². The first-order valence-electron chi connectivity index (χ1n) is 4.63. The molecule has 0 saturated heterocycles. The minimum atomic E-state index is 0.556. The second kappa shape index (κ2) is 2.87. The second-order valence-electron chi connectivity index (χ2n) is 3.73. The van der Waals surface area contributed by atoms with Crippen molar-refractivity contribution in [2.75, 3.05) is 0 Å². The van der Waals surface area contributed by atoms with E-state index in [2.05, 4.69) is 31.9 Å². The van der Waals surface area contributed by atoms with Gasteiger partial charge in [0, 0.05) is 6.20 Å². The van der Waals surface area contributed by atoms with Crippen molar-refractivity contribution in [2.24, 2.45) is 0 Å². The van der Waals surface area contributed by atoms with Crippen LogP contribution in [0.2, 0.25) is 0 Å². The maximum Gasteiger partial charge on any atom is 0.0683 e. The Labute approximate surface area is 78.2 Å². The van der Waals surface area contributed by atoms with Gasteiger partial charge < -0.3 is 0 Å². The van der Waals surface area contributed by atoms with Crippen LogP contribution >= 0.6 is 0 Å². The first-order chi connectivity index (χ1) is 6.20. The third-order valence-electron chi connectivity index (χ3n) is 2.38. The van der Waals surface area contributed by atoms with Crippen molar-refractivity contribution in [1.29, 1.82) is 0 Å². The molecule has 2 heterocycles. The van der Waals surface area contributed by atoms with Crippen LogP contribution in [-0.2, 0) is 0 Å². The van der Waals surface area contributed by atoms with Gasteiger partial charge in [-0.3, -0.25) is 0 Å². The lowest BCUT2D eigenvalue weighted by atomic mass is 9.99. The number of aromatic nitrogens is 2. The van der Waals surface area contributed by atoms with Gasteiger partial charge >= 0.3 is 0 Å². The molecule has 13 heavy (non-hydrogen) atoms. The summed E-state index contributed by atoms with van der Waals surface area (Å²) in [5.74, 6) is 0.556. The van der Waals surface area contributed by atoms with Crippen molar-refractivity contribution in [3.8, 4) is 0 Å². The molecule has 0 amide bonds. The van der Waals surface area contributed by atoms with Crippen LogP contribution in [0.15, 0.2) is 24.5 Å². The molecule has 2 aromatic heterocycles. The minimum absolute atomic E-state index is 0.556. The molecule has 2 nitrogen and oxygen atoms in total. The molecule has 0 fully saturated rings. The molecule has 68 valence electrons. The Hall–Kier alpha value is -1.31. The molecule has 2 aromatic rings. The summed E-state index contributed by atoms with van der Waals surface area (Å²) in [6, 6.07) is 4.16. The molecule has 0 aliphatic heterocycles. The lowest BCUT2D eigenvalue weighted by Gasteiger charge is -2.10. The molecule has 0 unspecified atom stereocenters. The standard InChI is InChI=1S/C11H14N2/c1-8(2)11-9(3)7-12-13-6-4-5-10(11)13/h4-8H,1-3H3. The normalized spacial score (nSPS) is 11.4.